The summed E-state index contributed by atoms with van der Waals surface area (Å²) in [5.74, 6) is 1.28. The van der Waals surface area contributed by atoms with Crippen LogP contribution in [0, 0.1) is 0 Å². The SMILES string of the molecule is CC(=O)N1c2ccccc2NC2=C(C(=O)C[C@H](c3ccccc3)C2)[C@@H]1c1ccc2c(c1)OCO2. The molecule has 0 spiro atoms. The van der Waals surface area contributed by atoms with Gasteiger partial charge in [-0.3, -0.25) is 14.5 Å². The van der Waals surface area contributed by atoms with Gasteiger partial charge in [0.05, 0.1) is 17.4 Å². The van der Waals surface area contributed by atoms with Gasteiger partial charge in [0.2, 0.25) is 12.7 Å². The van der Waals surface area contributed by atoms with Crippen molar-refractivity contribution in [3.63, 3.8) is 0 Å². The highest BCUT2D eigenvalue weighted by molar-refractivity contribution is 6.06. The molecule has 0 saturated heterocycles. The summed E-state index contributed by atoms with van der Waals surface area (Å²) in [6.07, 6.45) is 1.08. The number of anilines is 2. The average molecular weight is 453 g/mol. The third-order valence-electron chi connectivity index (χ3n) is 6.81. The minimum Gasteiger partial charge on any atom is -0.454 e. The van der Waals surface area contributed by atoms with Crippen LogP contribution >= 0.6 is 0 Å². The van der Waals surface area contributed by atoms with Crippen molar-refractivity contribution < 1.29 is 19.1 Å². The fraction of sp³-hybridized carbons (Fsp3) is 0.214. The molecule has 0 fully saturated rings. The van der Waals surface area contributed by atoms with Crippen molar-refractivity contribution in [3.8, 4) is 11.5 Å². The summed E-state index contributed by atoms with van der Waals surface area (Å²) in [6, 6.07) is 22.9. The van der Waals surface area contributed by atoms with Crippen LogP contribution < -0.4 is 19.7 Å². The van der Waals surface area contributed by atoms with E-state index in [1.54, 1.807) is 11.8 Å². The predicted molar refractivity (Wildman–Crippen MR) is 129 cm³/mol. The summed E-state index contributed by atoms with van der Waals surface area (Å²) in [5, 5.41) is 3.54. The molecule has 1 N–H and O–H groups in total. The van der Waals surface area contributed by atoms with E-state index in [0.717, 1.165) is 28.2 Å². The molecule has 2 atom stereocenters. The fourth-order valence-electron chi connectivity index (χ4n) is 5.30. The van der Waals surface area contributed by atoms with Crippen molar-refractivity contribution in [3.05, 3.63) is 95.2 Å². The van der Waals surface area contributed by atoms with Crippen LogP contribution in [0.3, 0.4) is 0 Å². The van der Waals surface area contributed by atoms with Crippen LogP contribution in [0.1, 0.15) is 42.9 Å². The van der Waals surface area contributed by atoms with E-state index in [1.807, 2.05) is 60.7 Å². The number of amides is 1. The lowest BCUT2D eigenvalue weighted by atomic mass is 9.78. The summed E-state index contributed by atoms with van der Waals surface area (Å²) >= 11 is 0. The normalized spacial score (nSPS) is 20.9. The molecule has 3 aromatic rings. The molecular formula is C28H24N2O4. The van der Waals surface area contributed by atoms with E-state index in [-0.39, 0.29) is 24.4 Å². The van der Waals surface area contributed by atoms with Crippen molar-refractivity contribution in [2.45, 2.75) is 31.7 Å². The summed E-state index contributed by atoms with van der Waals surface area (Å²) in [4.78, 5) is 28.6. The zero-order valence-corrected chi connectivity index (χ0v) is 18.8. The standard InChI is InChI=1S/C28H24N2O4/c1-17(31)30-23-10-6-5-9-21(23)29-22-13-20(18-7-3-2-4-8-18)14-24(32)27(22)28(30)19-11-12-25-26(15-19)34-16-33-25/h2-12,15,20,28-29H,13-14,16H2,1H3/t20-,28+/m1/s1. The molecule has 1 amide bonds. The van der Waals surface area contributed by atoms with Gasteiger partial charge in [0, 0.05) is 24.6 Å². The quantitative estimate of drug-likeness (QED) is 0.569. The highest BCUT2D eigenvalue weighted by Gasteiger charge is 2.41. The van der Waals surface area contributed by atoms with Crippen molar-refractivity contribution in [2.75, 3.05) is 17.0 Å². The van der Waals surface area contributed by atoms with Gasteiger partial charge in [-0.2, -0.15) is 0 Å². The van der Waals surface area contributed by atoms with Crippen LogP contribution in [0.2, 0.25) is 0 Å². The Morgan fingerprint density at radius 3 is 2.50 bits per heavy atom. The first-order valence-electron chi connectivity index (χ1n) is 11.5. The molecule has 0 bridgehead atoms. The number of nitrogens with zero attached hydrogens (tertiary/aromatic N) is 1. The van der Waals surface area contributed by atoms with Gasteiger partial charge in [-0.25, -0.2) is 0 Å². The summed E-state index contributed by atoms with van der Waals surface area (Å²) in [5.41, 5.74) is 5.02. The van der Waals surface area contributed by atoms with Gasteiger partial charge in [-0.05, 0) is 47.7 Å². The van der Waals surface area contributed by atoms with Crippen LogP contribution in [0.5, 0.6) is 11.5 Å². The third kappa shape index (κ3) is 3.34. The molecule has 0 radical (unpaired) electrons. The third-order valence-corrected chi connectivity index (χ3v) is 6.81. The van der Waals surface area contributed by atoms with Gasteiger partial charge < -0.3 is 14.8 Å². The van der Waals surface area contributed by atoms with Crippen molar-refractivity contribution in [1.82, 2.24) is 0 Å². The topological polar surface area (TPSA) is 67.9 Å². The molecule has 3 aromatic carbocycles. The summed E-state index contributed by atoms with van der Waals surface area (Å²) in [7, 11) is 0. The molecule has 1 aliphatic carbocycles. The lowest BCUT2D eigenvalue weighted by Gasteiger charge is -2.34. The molecular weight excluding hydrogens is 428 g/mol. The number of benzene rings is 3. The second-order valence-corrected chi connectivity index (χ2v) is 8.88. The molecule has 6 rings (SSSR count). The van der Waals surface area contributed by atoms with Crippen LogP contribution in [0.4, 0.5) is 11.4 Å². The molecule has 6 heteroatoms. The number of hydrogen-bond donors (Lipinski definition) is 1. The number of hydrogen-bond acceptors (Lipinski definition) is 5. The first-order chi connectivity index (χ1) is 16.6. The van der Waals surface area contributed by atoms with Gasteiger partial charge in [-0.1, -0.05) is 48.5 Å². The van der Waals surface area contributed by atoms with Crippen molar-refractivity contribution >= 4 is 23.1 Å². The van der Waals surface area contributed by atoms with Gasteiger partial charge in [0.15, 0.2) is 17.3 Å². The summed E-state index contributed by atoms with van der Waals surface area (Å²) < 4.78 is 11.1. The number of allylic oxidation sites excluding steroid dienone is 1. The van der Waals surface area contributed by atoms with E-state index in [9.17, 15) is 9.59 Å². The molecule has 0 saturated carbocycles. The highest BCUT2D eigenvalue weighted by atomic mass is 16.7. The average Bonchev–Trinajstić information content (AvgIpc) is 3.26. The minimum absolute atomic E-state index is 0.0457. The van der Waals surface area contributed by atoms with Gasteiger partial charge in [-0.15, -0.1) is 0 Å². The number of carbonyl (C=O) groups excluding carboxylic acids is 2. The number of ether oxygens (including phenoxy) is 2. The van der Waals surface area contributed by atoms with E-state index in [0.29, 0.717) is 29.9 Å². The van der Waals surface area contributed by atoms with Crippen LogP contribution in [-0.2, 0) is 9.59 Å². The van der Waals surface area contributed by atoms with E-state index < -0.39 is 6.04 Å². The largest absolute Gasteiger partial charge is 0.454 e. The number of fused-ring (bicyclic) bond motifs is 2. The lowest BCUT2D eigenvalue weighted by Crippen LogP contribution is -2.37. The maximum absolute atomic E-state index is 13.8. The Morgan fingerprint density at radius 1 is 0.912 bits per heavy atom. The number of Topliss-reactive ketones (excluding diaryl/α,β-unsaturated/α-hetero) is 1. The van der Waals surface area contributed by atoms with E-state index in [1.165, 1.54) is 0 Å². The molecule has 34 heavy (non-hydrogen) atoms. The zero-order valence-electron chi connectivity index (χ0n) is 18.8. The number of rotatable bonds is 2. The Hall–Kier alpha value is -4.06. The molecule has 6 nitrogen and oxygen atoms in total. The smallest absolute Gasteiger partial charge is 0.231 e. The van der Waals surface area contributed by atoms with E-state index in [2.05, 4.69) is 17.4 Å². The Morgan fingerprint density at radius 2 is 1.68 bits per heavy atom. The van der Waals surface area contributed by atoms with E-state index >= 15 is 0 Å². The molecule has 2 heterocycles. The minimum atomic E-state index is -0.567. The van der Waals surface area contributed by atoms with Crippen LogP contribution in [0.15, 0.2) is 84.1 Å². The fourth-order valence-corrected chi connectivity index (χ4v) is 5.30. The molecule has 0 unspecified atom stereocenters. The zero-order chi connectivity index (χ0) is 23.2. The molecule has 170 valence electrons. The van der Waals surface area contributed by atoms with Crippen LogP contribution in [-0.4, -0.2) is 18.5 Å². The Balaban J connectivity index is 1.54. The number of carbonyl (C=O) groups is 2. The van der Waals surface area contributed by atoms with E-state index in [4.69, 9.17) is 9.47 Å². The lowest BCUT2D eigenvalue weighted by molar-refractivity contribution is -0.117. The number of para-hydroxylation sites is 2. The van der Waals surface area contributed by atoms with Crippen LogP contribution in [0.25, 0.3) is 0 Å². The molecule has 2 aliphatic heterocycles. The molecule has 3 aliphatic rings. The summed E-state index contributed by atoms with van der Waals surface area (Å²) in [6.45, 7) is 1.71. The highest BCUT2D eigenvalue weighted by Crippen LogP contribution is 2.48. The second-order valence-electron chi connectivity index (χ2n) is 8.88. The maximum Gasteiger partial charge on any atom is 0.231 e. The van der Waals surface area contributed by atoms with Crippen molar-refractivity contribution in [1.29, 1.82) is 0 Å². The first-order valence-corrected chi connectivity index (χ1v) is 11.5. The second kappa shape index (κ2) is 8.06. The van der Waals surface area contributed by atoms with Gasteiger partial charge in [0.1, 0.15) is 0 Å². The van der Waals surface area contributed by atoms with Crippen molar-refractivity contribution in [2.24, 2.45) is 0 Å². The Labute approximate surface area is 197 Å². The number of ketones is 1. The Bertz CT molecular complexity index is 1330. The Kier molecular flexibility index (Phi) is 4.87. The maximum atomic E-state index is 13.8. The first kappa shape index (κ1) is 20.5. The van der Waals surface area contributed by atoms with Gasteiger partial charge in [0.25, 0.3) is 0 Å². The monoisotopic (exact) mass is 452 g/mol. The number of nitrogens with one attached hydrogen (secondary N) is 1. The van der Waals surface area contributed by atoms with Gasteiger partial charge >= 0.3 is 0 Å². The molecule has 0 aromatic heterocycles. The predicted octanol–water partition coefficient (Wildman–Crippen LogP) is 5.34.